The van der Waals surface area contributed by atoms with Gasteiger partial charge >= 0.3 is 0 Å². The average Bonchev–Trinajstić information content (AvgIpc) is 2.74. The summed E-state index contributed by atoms with van der Waals surface area (Å²) < 4.78 is 1.73. The predicted molar refractivity (Wildman–Crippen MR) is 58.3 cm³/mol. The van der Waals surface area contributed by atoms with Crippen molar-refractivity contribution < 1.29 is 5.11 Å². The molecule has 3 aromatic rings. The van der Waals surface area contributed by atoms with Gasteiger partial charge in [0.1, 0.15) is 23.9 Å². The molecule has 0 fully saturated rings. The number of aromatic hydroxyl groups is 1. The third-order valence-electron chi connectivity index (χ3n) is 2.35. The van der Waals surface area contributed by atoms with Crippen LogP contribution in [0.2, 0.25) is 0 Å². The number of nitrogens with zero attached hydrogens (tertiary/aromatic N) is 4. The monoisotopic (exact) mass is 212 g/mol. The van der Waals surface area contributed by atoms with E-state index >= 15 is 0 Å². The van der Waals surface area contributed by atoms with E-state index in [4.69, 9.17) is 0 Å². The Morgan fingerprint density at radius 3 is 2.88 bits per heavy atom. The molecule has 5 heteroatoms. The standard InChI is InChI=1S/C11H8N4O/c16-10-4-2-1-3-9(10)15-7-14-8-5-12-6-13-11(8)15/h1-7,16H. The molecule has 0 saturated heterocycles. The molecule has 0 atom stereocenters. The van der Waals surface area contributed by atoms with Gasteiger partial charge in [0.15, 0.2) is 5.65 Å². The Morgan fingerprint density at radius 1 is 1.12 bits per heavy atom. The number of benzene rings is 1. The summed E-state index contributed by atoms with van der Waals surface area (Å²) in [6.45, 7) is 0. The number of aromatic nitrogens is 4. The molecular weight excluding hydrogens is 204 g/mol. The zero-order valence-corrected chi connectivity index (χ0v) is 8.28. The molecule has 0 aliphatic heterocycles. The van der Waals surface area contributed by atoms with Gasteiger partial charge in [0.05, 0.1) is 11.9 Å². The Balaban J connectivity index is 2.31. The van der Waals surface area contributed by atoms with Crippen molar-refractivity contribution >= 4 is 11.2 Å². The fourth-order valence-electron chi connectivity index (χ4n) is 1.61. The van der Waals surface area contributed by atoms with Crippen molar-refractivity contribution in [3.63, 3.8) is 0 Å². The van der Waals surface area contributed by atoms with E-state index in [0.29, 0.717) is 16.9 Å². The second kappa shape index (κ2) is 3.30. The summed E-state index contributed by atoms with van der Waals surface area (Å²) in [7, 11) is 0. The molecule has 0 bridgehead atoms. The van der Waals surface area contributed by atoms with Gasteiger partial charge in [0.2, 0.25) is 0 Å². The van der Waals surface area contributed by atoms with Crippen LogP contribution >= 0.6 is 0 Å². The number of hydrogen-bond donors (Lipinski definition) is 1. The third kappa shape index (κ3) is 1.22. The fraction of sp³-hybridized carbons (Fsp3) is 0. The number of para-hydroxylation sites is 2. The first-order chi connectivity index (χ1) is 7.86. The maximum absolute atomic E-state index is 9.75. The minimum Gasteiger partial charge on any atom is -0.506 e. The molecule has 3 rings (SSSR count). The van der Waals surface area contributed by atoms with Crippen molar-refractivity contribution in [2.45, 2.75) is 0 Å². The molecule has 0 spiro atoms. The molecule has 5 nitrogen and oxygen atoms in total. The Hall–Kier alpha value is -2.43. The van der Waals surface area contributed by atoms with E-state index in [0.717, 1.165) is 0 Å². The van der Waals surface area contributed by atoms with Crippen molar-refractivity contribution in [1.82, 2.24) is 19.5 Å². The quantitative estimate of drug-likeness (QED) is 0.664. The Kier molecular flexibility index (Phi) is 1.83. The zero-order valence-electron chi connectivity index (χ0n) is 8.28. The van der Waals surface area contributed by atoms with Gasteiger partial charge in [-0.1, -0.05) is 12.1 Å². The molecule has 1 aromatic carbocycles. The largest absolute Gasteiger partial charge is 0.506 e. The van der Waals surface area contributed by atoms with Crippen LogP contribution in [-0.4, -0.2) is 24.6 Å². The molecule has 0 aliphatic rings. The molecule has 16 heavy (non-hydrogen) atoms. The lowest BCUT2D eigenvalue weighted by molar-refractivity contribution is 0.472. The summed E-state index contributed by atoms with van der Waals surface area (Å²) in [5.74, 6) is 0.195. The van der Waals surface area contributed by atoms with E-state index in [9.17, 15) is 5.11 Å². The first-order valence-corrected chi connectivity index (χ1v) is 4.78. The van der Waals surface area contributed by atoms with E-state index in [2.05, 4.69) is 15.0 Å². The Morgan fingerprint density at radius 2 is 2.00 bits per heavy atom. The van der Waals surface area contributed by atoms with Gasteiger partial charge in [-0.25, -0.2) is 15.0 Å². The highest BCUT2D eigenvalue weighted by Crippen LogP contribution is 2.23. The molecular formula is C11H8N4O. The van der Waals surface area contributed by atoms with Crippen LogP contribution in [0.1, 0.15) is 0 Å². The number of phenolic OH excluding ortho intramolecular Hbond substituents is 1. The SMILES string of the molecule is Oc1ccccc1-n1cnc2cncnc21. The van der Waals surface area contributed by atoms with E-state index in [1.165, 1.54) is 6.33 Å². The third-order valence-corrected chi connectivity index (χ3v) is 2.35. The smallest absolute Gasteiger partial charge is 0.167 e. The lowest BCUT2D eigenvalue weighted by atomic mass is 10.3. The average molecular weight is 212 g/mol. The van der Waals surface area contributed by atoms with Crippen LogP contribution in [0.15, 0.2) is 43.1 Å². The van der Waals surface area contributed by atoms with E-state index in [1.807, 2.05) is 6.07 Å². The van der Waals surface area contributed by atoms with Crippen LogP contribution < -0.4 is 0 Å². The van der Waals surface area contributed by atoms with Crippen LogP contribution in [0.25, 0.3) is 16.9 Å². The highest BCUT2D eigenvalue weighted by molar-refractivity contribution is 5.72. The van der Waals surface area contributed by atoms with Crippen LogP contribution in [0.4, 0.5) is 0 Å². The molecule has 0 aliphatic carbocycles. The first-order valence-electron chi connectivity index (χ1n) is 4.78. The van der Waals surface area contributed by atoms with Crippen molar-refractivity contribution in [2.75, 3.05) is 0 Å². The minimum absolute atomic E-state index is 0.195. The number of phenols is 1. The van der Waals surface area contributed by atoms with Gasteiger partial charge in [-0.05, 0) is 12.1 Å². The van der Waals surface area contributed by atoms with Gasteiger partial charge < -0.3 is 5.11 Å². The number of imidazole rings is 1. The molecule has 1 N–H and O–H groups in total. The molecule has 2 aromatic heterocycles. The van der Waals surface area contributed by atoms with E-state index < -0.39 is 0 Å². The summed E-state index contributed by atoms with van der Waals surface area (Å²) >= 11 is 0. The minimum atomic E-state index is 0.195. The van der Waals surface area contributed by atoms with Gasteiger partial charge in [-0.2, -0.15) is 0 Å². The van der Waals surface area contributed by atoms with Gasteiger partial charge in [-0.15, -0.1) is 0 Å². The molecule has 0 radical (unpaired) electrons. The van der Waals surface area contributed by atoms with Crippen molar-refractivity contribution in [1.29, 1.82) is 0 Å². The first kappa shape index (κ1) is 8.84. The van der Waals surface area contributed by atoms with E-state index in [-0.39, 0.29) is 5.75 Å². The topological polar surface area (TPSA) is 63.8 Å². The maximum atomic E-state index is 9.75. The highest BCUT2D eigenvalue weighted by atomic mass is 16.3. The summed E-state index contributed by atoms with van der Waals surface area (Å²) in [5.41, 5.74) is 2.03. The number of hydrogen-bond acceptors (Lipinski definition) is 4. The van der Waals surface area contributed by atoms with Crippen molar-refractivity contribution in [2.24, 2.45) is 0 Å². The Labute approximate surface area is 91.0 Å². The lowest BCUT2D eigenvalue weighted by Gasteiger charge is -2.04. The molecule has 0 saturated carbocycles. The van der Waals surface area contributed by atoms with Crippen molar-refractivity contribution in [3.8, 4) is 11.4 Å². The molecule has 0 amide bonds. The maximum Gasteiger partial charge on any atom is 0.167 e. The van der Waals surface area contributed by atoms with Gasteiger partial charge in [0, 0.05) is 0 Å². The normalized spacial score (nSPS) is 10.8. The second-order valence-corrected chi connectivity index (χ2v) is 3.33. The van der Waals surface area contributed by atoms with Gasteiger partial charge in [0.25, 0.3) is 0 Å². The van der Waals surface area contributed by atoms with Crippen LogP contribution in [0.5, 0.6) is 5.75 Å². The van der Waals surface area contributed by atoms with Crippen LogP contribution in [0, 0.1) is 0 Å². The van der Waals surface area contributed by atoms with Gasteiger partial charge in [-0.3, -0.25) is 4.57 Å². The zero-order chi connectivity index (χ0) is 11.0. The van der Waals surface area contributed by atoms with E-state index in [1.54, 1.807) is 35.3 Å². The van der Waals surface area contributed by atoms with Crippen molar-refractivity contribution in [3.05, 3.63) is 43.1 Å². The Bertz CT molecular complexity index is 647. The molecule has 0 unspecified atom stereocenters. The molecule has 78 valence electrons. The molecule has 2 heterocycles. The second-order valence-electron chi connectivity index (χ2n) is 3.33. The predicted octanol–water partition coefficient (Wildman–Crippen LogP) is 1.52. The summed E-state index contributed by atoms with van der Waals surface area (Å²) in [5, 5.41) is 9.75. The summed E-state index contributed by atoms with van der Waals surface area (Å²) in [4.78, 5) is 12.2. The highest BCUT2D eigenvalue weighted by Gasteiger charge is 2.08. The number of rotatable bonds is 1. The number of fused-ring (bicyclic) bond motifs is 1. The fourth-order valence-corrected chi connectivity index (χ4v) is 1.61. The van der Waals surface area contributed by atoms with Crippen LogP contribution in [0.3, 0.4) is 0 Å². The summed E-state index contributed by atoms with van der Waals surface area (Å²) in [6, 6.07) is 7.05. The van der Waals surface area contributed by atoms with Crippen LogP contribution in [-0.2, 0) is 0 Å². The summed E-state index contributed by atoms with van der Waals surface area (Å²) in [6.07, 6.45) is 4.72. The lowest BCUT2D eigenvalue weighted by Crippen LogP contribution is -1.94.